The lowest BCUT2D eigenvalue weighted by molar-refractivity contribution is -0.122. The van der Waals surface area contributed by atoms with Crippen molar-refractivity contribution in [3.63, 3.8) is 0 Å². The Morgan fingerprint density at radius 3 is 2.89 bits per heavy atom. The van der Waals surface area contributed by atoms with E-state index >= 15 is 0 Å². The van der Waals surface area contributed by atoms with Crippen LogP contribution in [0.5, 0.6) is 0 Å². The number of rotatable bonds is 6. The summed E-state index contributed by atoms with van der Waals surface area (Å²) < 4.78 is 13.2. The summed E-state index contributed by atoms with van der Waals surface area (Å²) >= 11 is 0. The van der Waals surface area contributed by atoms with E-state index in [1.807, 2.05) is 0 Å². The van der Waals surface area contributed by atoms with Gasteiger partial charge in [0, 0.05) is 6.04 Å². The van der Waals surface area contributed by atoms with Gasteiger partial charge in [0.05, 0.1) is 5.92 Å². The van der Waals surface area contributed by atoms with E-state index in [9.17, 15) is 9.18 Å². The zero-order valence-corrected chi connectivity index (χ0v) is 10.4. The molecule has 1 aromatic rings. The Hall–Kier alpha value is -1.42. The van der Waals surface area contributed by atoms with Crippen LogP contribution in [0.3, 0.4) is 0 Å². The van der Waals surface area contributed by atoms with Gasteiger partial charge >= 0.3 is 0 Å². The van der Waals surface area contributed by atoms with Crippen LogP contribution >= 0.6 is 0 Å². The molecule has 0 saturated heterocycles. The van der Waals surface area contributed by atoms with E-state index in [2.05, 4.69) is 5.32 Å². The molecule has 0 aromatic heterocycles. The van der Waals surface area contributed by atoms with Crippen LogP contribution in [0, 0.1) is 5.82 Å². The van der Waals surface area contributed by atoms with Crippen LogP contribution in [0.4, 0.5) is 4.39 Å². The third-order valence-corrected chi connectivity index (χ3v) is 3.19. The fourth-order valence-electron chi connectivity index (χ4n) is 2.02. The lowest BCUT2D eigenvalue weighted by atomic mass is 9.93. The van der Waals surface area contributed by atoms with Crippen LogP contribution in [-0.4, -0.2) is 18.5 Å². The molecule has 0 radical (unpaired) electrons. The number of hydrogen-bond donors (Lipinski definition) is 2. The molecule has 0 spiro atoms. The lowest BCUT2D eigenvalue weighted by Crippen LogP contribution is -2.31. The first-order chi connectivity index (χ1) is 8.70. The molecule has 0 aliphatic heterocycles. The highest BCUT2D eigenvalue weighted by Crippen LogP contribution is 2.25. The van der Waals surface area contributed by atoms with Gasteiger partial charge in [0.1, 0.15) is 5.82 Å². The highest BCUT2D eigenvalue weighted by atomic mass is 19.1. The Morgan fingerprint density at radius 2 is 2.28 bits per heavy atom. The molecule has 98 valence electrons. The van der Waals surface area contributed by atoms with Gasteiger partial charge in [-0.15, -0.1) is 0 Å². The number of carbonyl (C=O) groups is 1. The first-order valence-electron chi connectivity index (χ1n) is 6.46. The Kier molecular flexibility index (Phi) is 4.31. The number of halogens is 1. The number of nitrogens with two attached hydrogens (primary N) is 1. The SMILES string of the molecule is NCCCC(C(=O)NC1CC1)c1cccc(F)c1. The van der Waals surface area contributed by atoms with Crippen molar-refractivity contribution in [3.05, 3.63) is 35.6 Å². The van der Waals surface area contributed by atoms with E-state index in [1.165, 1.54) is 12.1 Å². The largest absolute Gasteiger partial charge is 0.353 e. The summed E-state index contributed by atoms with van der Waals surface area (Å²) in [5, 5.41) is 2.98. The fourth-order valence-corrected chi connectivity index (χ4v) is 2.02. The molecule has 1 unspecified atom stereocenters. The van der Waals surface area contributed by atoms with Crippen molar-refractivity contribution in [3.8, 4) is 0 Å². The molecular weight excluding hydrogens is 231 g/mol. The molecule has 4 heteroatoms. The molecule has 0 bridgehead atoms. The predicted molar refractivity (Wildman–Crippen MR) is 68.6 cm³/mol. The molecule has 1 atom stereocenters. The second-order valence-electron chi connectivity index (χ2n) is 4.82. The van der Waals surface area contributed by atoms with Gasteiger partial charge in [0.25, 0.3) is 0 Å². The second kappa shape index (κ2) is 5.96. The van der Waals surface area contributed by atoms with Crippen molar-refractivity contribution in [2.45, 2.75) is 37.6 Å². The monoisotopic (exact) mass is 250 g/mol. The van der Waals surface area contributed by atoms with Crippen molar-refractivity contribution >= 4 is 5.91 Å². The molecule has 1 aliphatic rings. The highest BCUT2D eigenvalue weighted by molar-refractivity contribution is 5.84. The van der Waals surface area contributed by atoms with Crippen molar-refractivity contribution in [1.29, 1.82) is 0 Å². The topological polar surface area (TPSA) is 55.1 Å². The normalized spacial score (nSPS) is 16.3. The van der Waals surface area contributed by atoms with Gasteiger partial charge < -0.3 is 11.1 Å². The van der Waals surface area contributed by atoms with E-state index in [0.717, 1.165) is 24.8 Å². The summed E-state index contributed by atoms with van der Waals surface area (Å²) in [4.78, 5) is 12.1. The molecule has 1 saturated carbocycles. The number of nitrogens with one attached hydrogen (secondary N) is 1. The standard InChI is InChI=1S/C14H19FN2O/c15-11-4-1-3-10(9-11)13(5-2-8-16)14(18)17-12-6-7-12/h1,3-4,9,12-13H,2,5-8,16H2,(H,17,18). The molecule has 1 fully saturated rings. The Balaban J connectivity index is 2.09. The minimum Gasteiger partial charge on any atom is -0.353 e. The van der Waals surface area contributed by atoms with E-state index in [1.54, 1.807) is 12.1 Å². The van der Waals surface area contributed by atoms with Crippen LogP contribution in [0.1, 0.15) is 37.2 Å². The number of benzene rings is 1. The van der Waals surface area contributed by atoms with E-state index in [-0.39, 0.29) is 17.6 Å². The van der Waals surface area contributed by atoms with Crippen molar-refractivity contribution < 1.29 is 9.18 Å². The maximum absolute atomic E-state index is 13.2. The predicted octanol–water partition coefficient (Wildman–Crippen LogP) is 1.93. The Labute approximate surface area is 107 Å². The number of carbonyl (C=O) groups excluding carboxylic acids is 1. The summed E-state index contributed by atoms with van der Waals surface area (Å²) in [6.07, 6.45) is 3.54. The second-order valence-corrected chi connectivity index (χ2v) is 4.82. The Bertz CT molecular complexity index is 418. The van der Waals surface area contributed by atoms with Crippen molar-refractivity contribution in [1.82, 2.24) is 5.32 Å². The first-order valence-corrected chi connectivity index (χ1v) is 6.46. The average Bonchev–Trinajstić information content (AvgIpc) is 3.13. The van der Waals surface area contributed by atoms with E-state index in [4.69, 9.17) is 5.73 Å². The lowest BCUT2D eigenvalue weighted by Gasteiger charge is -2.17. The molecule has 1 aliphatic carbocycles. The van der Waals surface area contributed by atoms with Gasteiger partial charge in [-0.1, -0.05) is 12.1 Å². The number of hydrogen-bond acceptors (Lipinski definition) is 2. The maximum atomic E-state index is 13.2. The number of amides is 1. The zero-order valence-electron chi connectivity index (χ0n) is 10.4. The van der Waals surface area contributed by atoms with Gasteiger partial charge in [0.2, 0.25) is 5.91 Å². The smallest absolute Gasteiger partial charge is 0.227 e. The van der Waals surface area contributed by atoms with Gasteiger partial charge in [-0.3, -0.25) is 4.79 Å². The molecule has 2 rings (SSSR count). The molecule has 0 heterocycles. The van der Waals surface area contributed by atoms with Crippen molar-refractivity contribution in [2.75, 3.05) is 6.54 Å². The molecule has 1 aromatic carbocycles. The van der Waals surface area contributed by atoms with Gasteiger partial charge in [-0.05, 0) is 49.9 Å². The minimum atomic E-state index is -0.301. The van der Waals surface area contributed by atoms with Gasteiger partial charge in [-0.25, -0.2) is 4.39 Å². The molecule has 3 N–H and O–H groups in total. The molecule has 3 nitrogen and oxygen atoms in total. The van der Waals surface area contributed by atoms with E-state index in [0.29, 0.717) is 19.0 Å². The van der Waals surface area contributed by atoms with Crippen LogP contribution in [0.25, 0.3) is 0 Å². The molecular formula is C14H19FN2O. The minimum absolute atomic E-state index is 0.00319. The summed E-state index contributed by atoms with van der Waals surface area (Å²) in [5.41, 5.74) is 6.23. The first kappa shape index (κ1) is 13.0. The van der Waals surface area contributed by atoms with Crippen LogP contribution in [0.2, 0.25) is 0 Å². The summed E-state index contributed by atoms with van der Waals surface area (Å²) in [6.45, 7) is 0.544. The summed E-state index contributed by atoms with van der Waals surface area (Å²) in [6, 6.07) is 6.60. The Morgan fingerprint density at radius 1 is 1.50 bits per heavy atom. The molecule has 18 heavy (non-hydrogen) atoms. The zero-order chi connectivity index (χ0) is 13.0. The van der Waals surface area contributed by atoms with Gasteiger partial charge in [-0.2, -0.15) is 0 Å². The third kappa shape index (κ3) is 3.53. The third-order valence-electron chi connectivity index (χ3n) is 3.19. The van der Waals surface area contributed by atoms with Crippen LogP contribution < -0.4 is 11.1 Å². The highest BCUT2D eigenvalue weighted by Gasteiger charge is 2.28. The van der Waals surface area contributed by atoms with Gasteiger partial charge in [0.15, 0.2) is 0 Å². The van der Waals surface area contributed by atoms with Crippen molar-refractivity contribution in [2.24, 2.45) is 5.73 Å². The summed E-state index contributed by atoms with van der Waals surface area (Å²) in [5.74, 6) is -0.592. The van der Waals surface area contributed by atoms with Crippen LogP contribution in [-0.2, 0) is 4.79 Å². The van der Waals surface area contributed by atoms with E-state index < -0.39 is 0 Å². The maximum Gasteiger partial charge on any atom is 0.227 e. The van der Waals surface area contributed by atoms with Crippen LogP contribution in [0.15, 0.2) is 24.3 Å². The average molecular weight is 250 g/mol. The molecule has 1 amide bonds. The fraction of sp³-hybridized carbons (Fsp3) is 0.500. The quantitative estimate of drug-likeness (QED) is 0.810. The summed E-state index contributed by atoms with van der Waals surface area (Å²) in [7, 11) is 0.